The molecular weight excluding hydrogens is 1110 g/mol. The third-order valence-corrected chi connectivity index (χ3v) is 16.0. The Balaban J connectivity index is 1.22. The van der Waals surface area contributed by atoms with Crippen LogP contribution < -0.4 is 22.9 Å². The molecule has 0 saturated heterocycles. The first kappa shape index (κ1) is 52.6. The second kappa shape index (κ2) is 21.8. The third-order valence-electron chi connectivity index (χ3n) is 11.1. The van der Waals surface area contributed by atoms with Gasteiger partial charge in [0, 0.05) is 0 Å². The number of nitrogens with zero attached hydrogens (tertiary/aromatic N) is 4. The molecule has 0 fully saturated rings. The molecule has 0 radical (unpaired) electrons. The van der Waals surface area contributed by atoms with Gasteiger partial charge in [-0.25, -0.2) is 0 Å². The van der Waals surface area contributed by atoms with E-state index in [2.05, 4.69) is 19.9 Å². The van der Waals surface area contributed by atoms with E-state index >= 15 is 0 Å². The Morgan fingerprint density at radius 1 is 0.325 bits per heavy atom. The van der Waals surface area contributed by atoms with Crippen molar-refractivity contribution in [3.05, 3.63) is 191 Å². The summed E-state index contributed by atoms with van der Waals surface area (Å²) in [4.78, 5) is 122. The number of rotatable bonds is 16. The number of aromatic nitrogens is 4. The number of anilines is 4. The normalized spacial score (nSPS) is 10.9. The number of hydrogen-bond donors (Lipinski definition) is 8. The Bertz CT molecular complexity index is 3240. The van der Waals surface area contributed by atoms with Crippen LogP contribution in [0.1, 0.15) is 82.9 Å². The zero-order valence-electron chi connectivity index (χ0n) is 39.1. The summed E-state index contributed by atoms with van der Waals surface area (Å²) in [5.74, 6) is -11.2. The van der Waals surface area contributed by atoms with Gasteiger partial charge in [-0.05, 0) is 0 Å². The molecule has 0 bridgehead atoms. The molecule has 0 amide bonds. The molecule has 8 aromatic rings. The van der Waals surface area contributed by atoms with Gasteiger partial charge in [-0.2, -0.15) is 0 Å². The van der Waals surface area contributed by atoms with E-state index in [9.17, 15) is 58.8 Å². The molecule has 0 aliphatic carbocycles. The van der Waals surface area contributed by atoms with Crippen molar-refractivity contribution in [2.24, 2.45) is 0 Å². The summed E-state index contributed by atoms with van der Waals surface area (Å²) in [5, 5.41) is 39.3. The quantitative estimate of drug-likeness (QED) is 0.0393. The summed E-state index contributed by atoms with van der Waals surface area (Å²) in [5.41, 5.74) is 22.1. The van der Waals surface area contributed by atoms with E-state index in [0.717, 1.165) is 49.1 Å². The van der Waals surface area contributed by atoms with Gasteiger partial charge in [-0.15, -0.1) is 0 Å². The van der Waals surface area contributed by atoms with E-state index < -0.39 is 90.0 Å². The van der Waals surface area contributed by atoms with Crippen LogP contribution in [0.4, 0.5) is 22.7 Å². The summed E-state index contributed by atoms with van der Waals surface area (Å²) in [6.45, 7) is 0. The summed E-state index contributed by atoms with van der Waals surface area (Å²) >= 11 is -7.23. The van der Waals surface area contributed by atoms with Crippen molar-refractivity contribution < 1.29 is 71.1 Å². The molecule has 4 aromatic carbocycles. The van der Waals surface area contributed by atoms with Gasteiger partial charge in [-0.3, -0.25) is 0 Å². The summed E-state index contributed by atoms with van der Waals surface area (Å²) in [6, 6.07) is 25.0. The van der Waals surface area contributed by atoms with Crippen molar-refractivity contribution >= 4 is 90.5 Å². The van der Waals surface area contributed by atoms with E-state index in [0.29, 0.717) is 0 Å². The molecule has 8 rings (SSSR count). The fraction of sp³-hybridized carbons (Fsp3) is 0. The van der Waals surface area contributed by atoms with Gasteiger partial charge in [0.2, 0.25) is 0 Å². The molecule has 12 N–H and O–H groups in total. The second-order valence-corrected chi connectivity index (χ2v) is 21.4. The number of carboxylic acid groups (broad SMARTS) is 4. The van der Waals surface area contributed by atoms with Crippen LogP contribution in [0.15, 0.2) is 146 Å². The van der Waals surface area contributed by atoms with Gasteiger partial charge >= 0.3 is 440 Å². The van der Waals surface area contributed by atoms with E-state index in [1.54, 1.807) is 0 Å². The minimum absolute atomic E-state index is 0.0177. The van der Waals surface area contributed by atoms with Gasteiger partial charge in [0.05, 0.1) is 0 Å². The van der Waals surface area contributed by atoms with Crippen molar-refractivity contribution in [3.63, 3.8) is 0 Å². The number of nitrogen functional groups attached to an aromatic ring is 4. The number of nitrogens with two attached hydrogens (primary N) is 4. The van der Waals surface area contributed by atoms with E-state index in [1.807, 2.05) is 0 Å². The Morgan fingerprint density at radius 3 is 0.701 bits per heavy atom. The van der Waals surface area contributed by atoms with Crippen LogP contribution in [0.2, 0.25) is 0 Å². The topological polar surface area (TPSA) is 410 Å². The van der Waals surface area contributed by atoms with Gasteiger partial charge in [0.15, 0.2) is 0 Å². The first-order chi connectivity index (χ1) is 36.7. The van der Waals surface area contributed by atoms with E-state index in [4.69, 9.17) is 35.2 Å². The molecular formula is C52H36N8O16Sn. The fourth-order valence-corrected chi connectivity index (χ4v) is 12.0. The molecule has 0 unspecified atom stereocenters. The maximum absolute atomic E-state index is 14.3. The number of hydrogen-bond acceptors (Lipinski definition) is 20. The predicted octanol–water partition coefficient (Wildman–Crippen LogP) is 6.22. The number of carbonyl (C=O) groups is 8. The zero-order valence-corrected chi connectivity index (χ0v) is 42.0. The molecule has 0 saturated carbocycles. The number of benzene rings is 4. The van der Waals surface area contributed by atoms with Gasteiger partial charge in [0.25, 0.3) is 0 Å². The first-order valence-electron chi connectivity index (χ1n) is 22.0. The molecule has 0 spiro atoms. The van der Waals surface area contributed by atoms with E-state index in [1.165, 1.54) is 97.1 Å². The van der Waals surface area contributed by atoms with Crippen molar-refractivity contribution in [2.75, 3.05) is 22.9 Å². The predicted molar refractivity (Wildman–Crippen MR) is 272 cm³/mol. The number of pyridine rings is 4. The maximum atomic E-state index is 14.3. The van der Waals surface area contributed by atoms with Gasteiger partial charge in [0.1, 0.15) is 0 Å². The Hall–Kier alpha value is -10.8. The van der Waals surface area contributed by atoms with Crippen LogP contribution >= 0.6 is 0 Å². The SMILES string of the molecule is Nc1ccc(C(=O)O)c(-c2ccc(C(=O)[O][Sn]([O]C(=O)c3ccc(-c4cc(N)ccc4C(=O)O)nc3)([O]C(=O)c3ccc(-c4cc(N)ccc4C(=O)O)nc3)[O]C(=O)c3ccc(-c4cc(N)ccc4C(=O)O)nc3)cn2)c1. The van der Waals surface area contributed by atoms with Crippen molar-refractivity contribution in [1.29, 1.82) is 0 Å². The average Bonchev–Trinajstić information content (AvgIpc) is 3.41. The Labute approximate surface area is 438 Å². The number of carbonyl (C=O) groups excluding carboxylic acids is 4. The van der Waals surface area contributed by atoms with Crippen LogP contribution in [0.5, 0.6) is 0 Å². The van der Waals surface area contributed by atoms with Crippen LogP contribution in [0.3, 0.4) is 0 Å². The third kappa shape index (κ3) is 11.7. The van der Waals surface area contributed by atoms with Crippen LogP contribution in [0.25, 0.3) is 45.0 Å². The summed E-state index contributed by atoms with van der Waals surface area (Å²) in [6.07, 6.45) is 3.70. The average molecular weight is 1150 g/mol. The molecule has 4 aromatic heterocycles. The second-order valence-electron chi connectivity index (χ2n) is 16.2. The zero-order chi connectivity index (χ0) is 55.3. The van der Waals surface area contributed by atoms with Gasteiger partial charge in [-0.1, -0.05) is 0 Å². The van der Waals surface area contributed by atoms with Crippen molar-refractivity contribution in [3.8, 4) is 45.0 Å². The molecule has 384 valence electrons. The molecule has 0 aliphatic heterocycles. The Morgan fingerprint density at radius 2 is 0.532 bits per heavy atom. The fourth-order valence-electron chi connectivity index (χ4n) is 7.35. The van der Waals surface area contributed by atoms with Crippen molar-refractivity contribution in [2.45, 2.75) is 0 Å². The Kier molecular flexibility index (Phi) is 14.9. The number of carboxylic acids is 4. The standard InChI is InChI=1S/4C13H10N2O4.Sn/c4*14-8-2-3-9(13(18)19)10(5-8)11-4-1-7(6-15-11)12(16)17;/h4*1-6H,14H2,(H,16,17)(H,18,19);/q;;;;+4/p-4. The molecule has 24 nitrogen and oxygen atoms in total. The van der Waals surface area contributed by atoms with Crippen molar-refractivity contribution in [1.82, 2.24) is 19.9 Å². The number of aromatic carboxylic acids is 4. The molecule has 0 atom stereocenters. The van der Waals surface area contributed by atoms with Crippen LogP contribution in [-0.4, -0.2) is 108 Å². The van der Waals surface area contributed by atoms with Crippen LogP contribution in [-0.2, 0) is 12.3 Å². The van der Waals surface area contributed by atoms with E-state index in [-0.39, 0.29) is 90.0 Å². The first-order valence-corrected chi connectivity index (χ1v) is 26.7. The molecule has 4 heterocycles. The monoisotopic (exact) mass is 1150 g/mol. The minimum atomic E-state index is -7.23. The molecule has 0 aliphatic rings. The summed E-state index contributed by atoms with van der Waals surface area (Å²) in [7, 11) is 0. The van der Waals surface area contributed by atoms with Crippen LogP contribution in [0, 0.1) is 0 Å². The molecule has 77 heavy (non-hydrogen) atoms. The molecule has 25 heteroatoms. The van der Waals surface area contributed by atoms with Gasteiger partial charge < -0.3 is 0 Å². The summed E-state index contributed by atoms with van der Waals surface area (Å²) < 4.78 is 23.0.